The summed E-state index contributed by atoms with van der Waals surface area (Å²) in [4.78, 5) is 8.38. The number of aromatic nitrogens is 4. The molecule has 2 aromatic heterocycles. The Kier molecular flexibility index (Phi) is 4.57. The number of anilines is 1. The monoisotopic (exact) mass is 283 g/mol. The molecule has 0 fully saturated rings. The van der Waals surface area contributed by atoms with Crippen LogP contribution >= 0.6 is 0 Å². The third-order valence-corrected chi connectivity index (χ3v) is 2.51. The Morgan fingerprint density at radius 3 is 2.85 bits per heavy atom. The van der Waals surface area contributed by atoms with Gasteiger partial charge < -0.3 is 10.5 Å². The number of hydrogen-bond donors (Lipinski definition) is 1. The van der Waals surface area contributed by atoms with Crippen molar-refractivity contribution in [3.05, 3.63) is 24.3 Å². The summed E-state index contributed by atoms with van der Waals surface area (Å²) in [6.45, 7) is -0.460. The van der Waals surface area contributed by atoms with Gasteiger partial charge in [-0.05, 0) is 0 Å². The summed E-state index contributed by atoms with van der Waals surface area (Å²) < 4.78 is 30.3. The number of rotatable bonds is 6. The van der Waals surface area contributed by atoms with E-state index in [-0.39, 0.29) is 6.61 Å². The van der Waals surface area contributed by atoms with Crippen molar-refractivity contribution in [1.29, 1.82) is 0 Å². The van der Waals surface area contributed by atoms with Gasteiger partial charge in [0.05, 0.1) is 18.5 Å². The molecule has 0 bridgehead atoms. The molecule has 6 nitrogen and oxygen atoms in total. The third kappa shape index (κ3) is 3.95. The Bertz CT molecular complexity index is 573. The van der Waals surface area contributed by atoms with E-state index in [1.54, 1.807) is 30.2 Å². The van der Waals surface area contributed by atoms with Gasteiger partial charge in [0, 0.05) is 31.3 Å². The lowest BCUT2D eigenvalue weighted by molar-refractivity contribution is 0.0183. The van der Waals surface area contributed by atoms with Gasteiger partial charge in [-0.1, -0.05) is 0 Å². The quantitative estimate of drug-likeness (QED) is 0.808. The standard InChI is InChI=1S/C12H15F2N5O/c1-19-6-8(5-16-19)9-4-11(15)18-12(17-9)2-3-20-7-10(13)14/h4-6,10H,2-3,7H2,1H3,(H2,15,17,18). The summed E-state index contributed by atoms with van der Waals surface area (Å²) >= 11 is 0. The van der Waals surface area contributed by atoms with E-state index in [4.69, 9.17) is 10.5 Å². The average Bonchev–Trinajstić information content (AvgIpc) is 2.81. The Morgan fingerprint density at radius 2 is 2.20 bits per heavy atom. The fraction of sp³-hybridized carbons (Fsp3) is 0.417. The Labute approximate surface area is 114 Å². The molecule has 2 N–H and O–H groups in total. The fourth-order valence-electron chi connectivity index (χ4n) is 1.67. The number of nitrogen functional groups attached to an aromatic ring is 1. The van der Waals surface area contributed by atoms with E-state index in [1.807, 2.05) is 0 Å². The minimum absolute atomic E-state index is 0.125. The predicted octanol–water partition coefficient (Wildman–Crippen LogP) is 1.28. The van der Waals surface area contributed by atoms with Crippen molar-refractivity contribution in [3.63, 3.8) is 0 Å². The van der Waals surface area contributed by atoms with Gasteiger partial charge in [-0.25, -0.2) is 18.7 Å². The van der Waals surface area contributed by atoms with Crippen molar-refractivity contribution < 1.29 is 13.5 Å². The molecule has 0 aliphatic carbocycles. The highest BCUT2D eigenvalue weighted by Crippen LogP contribution is 2.17. The predicted molar refractivity (Wildman–Crippen MR) is 69.2 cm³/mol. The summed E-state index contributed by atoms with van der Waals surface area (Å²) in [7, 11) is 1.80. The summed E-state index contributed by atoms with van der Waals surface area (Å²) in [5.41, 5.74) is 7.18. The molecule has 0 amide bonds. The van der Waals surface area contributed by atoms with Crippen LogP contribution in [0.1, 0.15) is 5.82 Å². The van der Waals surface area contributed by atoms with E-state index in [0.29, 0.717) is 23.8 Å². The molecule has 0 saturated carbocycles. The number of nitrogens with zero attached hydrogens (tertiary/aromatic N) is 4. The van der Waals surface area contributed by atoms with Gasteiger partial charge in [0.15, 0.2) is 0 Å². The molecule has 0 unspecified atom stereocenters. The molecule has 0 aliphatic heterocycles. The maximum atomic E-state index is 11.9. The number of aryl methyl sites for hydroxylation is 1. The highest BCUT2D eigenvalue weighted by atomic mass is 19.3. The highest BCUT2D eigenvalue weighted by Gasteiger charge is 2.08. The molecule has 2 rings (SSSR count). The lowest BCUT2D eigenvalue weighted by atomic mass is 10.2. The average molecular weight is 283 g/mol. The summed E-state index contributed by atoms with van der Waals surface area (Å²) in [5, 5.41) is 4.05. The second-order valence-corrected chi connectivity index (χ2v) is 4.21. The van der Waals surface area contributed by atoms with Crippen LogP contribution < -0.4 is 5.73 Å². The summed E-state index contributed by atoms with van der Waals surface area (Å²) in [5.74, 6) is 0.779. The van der Waals surface area contributed by atoms with Gasteiger partial charge in [-0.3, -0.25) is 4.68 Å². The zero-order chi connectivity index (χ0) is 14.5. The van der Waals surface area contributed by atoms with Gasteiger partial charge >= 0.3 is 0 Å². The molecule has 0 saturated heterocycles. The van der Waals surface area contributed by atoms with Gasteiger partial charge in [-0.15, -0.1) is 0 Å². The van der Waals surface area contributed by atoms with Crippen molar-refractivity contribution in [3.8, 4) is 11.3 Å². The molecule has 8 heteroatoms. The van der Waals surface area contributed by atoms with Crippen LogP contribution in [0, 0.1) is 0 Å². The van der Waals surface area contributed by atoms with Crippen LogP contribution in [-0.2, 0) is 18.2 Å². The van der Waals surface area contributed by atoms with E-state index < -0.39 is 13.0 Å². The van der Waals surface area contributed by atoms with Crippen molar-refractivity contribution in [2.45, 2.75) is 12.8 Å². The first-order valence-electron chi connectivity index (χ1n) is 6.03. The Hall–Kier alpha value is -2.09. The molecule has 0 aromatic carbocycles. The molecule has 0 atom stereocenters. The van der Waals surface area contributed by atoms with Gasteiger partial charge in [0.1, 0.15) is 18.2 Å². The number of nitrogens with two attached hydrogens (primary N) is 1. The smallest absolute Gasteiger partial charge is 0.261 e. The maximum absolute atomic E-state index is 11.9. The normalized spacial score (nSPS) is 11.2. The van der Waals surface area contributed by atoms with E-state index in [2.05, 4.69) is 15.1 Å². The molecule has 2 aromatic rings. The molecule has 108 valence electrons. The van der Waals surface area contributed by atoms with E-state index in [1.165, 1.54) is 0 Å². The topological polar surface area (TPSA) is 78.9 Å². The molecule has 20 heavy (non-hydrogen) atoms. The second kappa shape index (κ2) is 6.38. The number of hydrogen-bond acceptors (Lipinski definition) is 5. The van der Waals surface area contributed by atoms with Crippen LogP contribution in [0.5, 0.6) is 0 Å². The van der Waals surface area contributed by atoms with Crippen LogP contribution in [0.4, 0.5) is 14.6 Å². The highest BCUT2D eigenvalue weighted by molar-refractivity contribution is 5.60. The van der Waals surface area contributed by atoms with Crippen molar-refractivity contribution in [1.82, 2.24) is 19.7 Å². The number of alkyl halides is 2. The van der Waals surface area contributed by atoms with Crippen molar-refractivity contribution >= 4 is 5.82 Å². The lowest BCUT2D eigenvalue weighted by Crippen LogP contribution is -2.09. The van der Waals surface area contributed by atoms with Gasteiger partial charge in [0.25, 0.3) is 6.43 Å². The summed E-state index contributed by atoms with van der Waals surface area (Å²) in [6, 6.07) is 1.64. The zero-order valence-corrected chi connectivity index (χ0v) is 11.0. The SMILES string of the molecule is Cn1cc(-c2cc(N)nc(CCOCC(F)F)n2)cn1. The number of ether oxygens (including phenoxy) is 1. The lowest BCUT2D eigenvalue weighted by Gasteiger charge is -2.05. The van der Waals surface area contributed by atoms with Gasteiger partial charge in [0.2, 0.25) is 0 Å². The largest absolute Gasteiger partial charge is 0.384 e. The third-order valence-electron chi connectivity index (χ3n) is 2.51. The molecule has 2 heterocycles. The van der Waals surface area contributed by atoms with Gasteiger partial charge in [-0.2, -0.15) is 5.10 Å². The van der Waals surface area contributed by atoms with Crippen LogP contribution in [0.3, 0.4) is 0 Å². The van der Waals surface area contributed by atoms with Crippen LogP contribution in [0.2, 0.25) is 0 Å². The van der Waals surface area contributed by atoms with Crippen LogP contribution in [0.15, 0.2) is 18.5 Å². The maximum Gasteiger partial charge on any atom is 0.261 e. The first kappa shape index (κ1) is 14.3. The zero-order valence-electron chi connectivity index (χ0n) is 11.0. The molecular weight excluding hydrogens is 268 g/mol. The Morgan fingerprint density at radius 1 is 1.40 bits per heavy atom. The first-order chi connectivity index (χ1) is 9.54. The second-order valence-electron chi connectivity index (χ2n) is 4.21. The first-order valence-corrected chi connectivity index (χ1v) is 6.03. The van der Waals surface area contributed by atoms with Crippen LogP contribution in [0.25, 0.3) is 11.3 Å². The molecule has 0 radical (unpaired) electrons. The molecule has 0 aliphatic rings. The Balaban J connectivity index is 2.05. The van der Waals surface area contributed by atoms with Crippen molar-refractivity contribution in [2.75, 3.05) is 18.9 Å². The van der Waals surface area contributed by atoms with E-state index >= 15 is 0 Å². The minimum Gasteiger partial charge on any atom is -0.384 e. The molecular formula is C12H15F2N5O. The van der Waals surface area contributed by atoms with E-state index in [9.17, 15) is 8.78 Å². The minimum atomic E-state index is -2.47. The van der Waals surface area contributed by atoms with E-state index in [0.717, 1.165) is 5.56 Å². The van der Waals surface area contributed by atoms with Crippen LogP contribution in [-0.4, -0.2) is 39.4 Å². The fourth-order valence-corrected chi connectivity index (χ4v) is 1.67. The van der Waals surface area contributed by atoms with Crippen molar-refractivity contribution in [2.24, 2.45) is 7.05 Å². The number of halogens is 2. The summed E-state index contributed by atoms with van der Waals surface area (Å²) in [6.07, 6.45) is 1.32. The molecule has 0 spiro atoms.